The molecule has 2 aliphatic rings. The molecule has 0 radical (unpaired) electrons. The summed E-state index contributed by atoms with van der Waals surface area (Å²) in [4.78, 5) is 4.47. The molecule has 3 rings (SSSR count). The smallest absolute Gasteiger partial charge is 0.0474 e. The number of hydrogen-bond acceptors (Lipinski definition) is 2. The Bertz CT molecular complexity index is 336. The van der Waals surface area contributed by atoms with Crippen LogP contribution in [0.1, 0.15) is 30.5 Å². The van der Waals surface area contributed by atoms with E-state index in [0.29, 0.717) is 5.41 Å². The molecular weight excluding hydrogens is 174 g/mol. The third-order valence-electron chi connectivity index (χ3n) is 3.75. The van der Waals surface area contributed by atoms with E-state index in [1.165, 1.54) is 30.5 Å². The predicted octanol–water partition coefficient (Wildman–Crippen LogP) is 2.08. The van der Waals surface area contributed by atoms with Crippen molar-refractivity contribution in [2.24, 2.45) is 0 Å². The normalized spacial score (nSPS) is 23.7. The molecule has 2 heterocycles. The standard InChI is InChI=1S/C12H15NO/c1-2-10-11(13-7-1)3-4-12(10)5-8-14-9-6-12/h1-2,7H,3-6,8-9H2. The molecule has 14 heavy (non-hydrogen) atoms. The Labute approximate surface area is 84.3 Å². The number of fused-ring (bicyclic) bond motifs is 2. The van der Waals surface area contributed by atoms with Crippen LogP contribution in [0.2, 0.25) is 0 Å². The zero-order valence-corrected chi connectivity index (χ0v) is 8.33. The molecule has 1 aliphatic carbocycles. The van der Waals surface area contributed by atoms with E-state index >= 15 is 0 Å². The maximum atomic E-state index is 5.45. The Morgan fingerprint density at radius 1 is 1.21 bits per heavy atom. The van der Waals surface area contributed by atoms with Crippen LogP contribution in [-0.4, -0.2) is 18.2 Å². The second-order valence-corrected chi connectivity index (χ2v) is 4.39. The molecule has 0 unspecified atom stereocenters. The van der Waals surface area contributed by atoms with Gasteiger partial charge in [0, 0.05) is 30.5 Å². The largest absolute Gasteiger partial charge is 0.381 e. The van der Waals surface area contributed by atoms with Gasteiger partial charge in [0.2, 0.25) is 0 Å². The lowest BCUT2D eigenvalue weighted by molar-refractivity contribution is 0.0506. The molecule has 0 aromatic carbocycles. The van der Waals surface area contributed by atoms with Crippen molar-refractivity contribution < 1.29 is 4.74 Å². The number of pyridine rings is 1. The number of nitrogens with zero attached hydrogens (tertiary/aromatic N) is 1. The molecule has 0 saturated carbocycles. The lowest BCUT2D eigenvalue weighted by Gasteiger charge is -2.34. The summed E-state index contributed by atoms with van der Waals surface area (Å²) < 4.78 is 5.45. The van der Waals surface area contributed by atoms with Gasteiger partial charge in [-0.3, -0.25) is 4.98 Å². The highest BCUT2D eigenvalue weighted by atomic mass is 16.5. The molecule has 1 aliphatic heterocycles. The summed E-state index contributed by atoms with van der Waals surface area (Å²) in [6.45, 7) is 1.85. The minimum Gasteiger partial charge on any atom is -0.381 e. The Kier molecular flexibility index (Phi) is 1.84. The highest BCUT2D eigenvalue weighted by Gasteiger charge is 2.40. The first-order valence-corrected chi connectivity index (χ1v) is 5.43. The summed E-state index contributed by atoms with van der Waals surface area (Å²) in [5.74, 6) is 0. The zero-order chi connectivity index (χ0) is 9.43. The van der Waals surface area contributed by atoms with Crippen molar-refractivity contribution in [2.45, 2.75) is 31.1 Å². The van der Waals surface area contributed by atoms with Crippen molar-refractivity contribution in [3.63, 3.8) is 0 Å². The van der Waals surface area contributed by atoms with Crippen LogP contribution < -0.4 is 0 Å². The third kappa shape index (κ3) is 1.10. The average Bonchev–Trinajstić information content (AvgIpc) is 2.60. The first-order valence-electron chi connectivity index (χ1n) is 5.43. The quantitative estimate of drug-likeness (QED) is 0.623. The van der Waals surface area contributed by atoms with Gasteiger partial charge in [0.25, 0.3) is 0 Å². The molecule has 1 aromatic rings. The van der Waals surface area contributed by atoms with E-state index in [9.17, 15) is 0 Å². The number of ether oxygens (including phenoxy) is 1. The predicted molar refractivity (Wildman–Crippen MR) is 54.3 cm³/mol. The second-order valence-electron chi connectivity index (χ2n) is 4.39. The van der Waals surface area contributed by atoms with Crippen LogP contribution >= 0.6 is 0 Å². The number of aryl methyl sites for hydroxylation is 1. The van der Waals surface area contributed by atoms with Crippen LogP contribution in [0.4, 0.5) is 0 Å². The fraction of sp³-hybridized carbons (Fsp3) is 0.583. The van der Waals surface area contributed by atoms with Gasteiger partial charge in [-0.25, -0.2) is 0 Å². The summed E-state index contributed by atoms with van der Waals surface area (Å²) in [5.41, 5.74) is 3.25. The second kappa shape index (κ2) is 3.06. The zero-order valence-electron chi connectivity index (χ0n) is 8.33. The summed E-state index contributed by atoms with van der Waals surface area (Å²) in [7, 11) is 0. The molecule has 0 N–H and O–H groups in total. The van der Waals surface area contributed by atoms with E-state index in [2.05, 4.69) is 17.1 Å². The summed E-state index contributed by atoms with van der Waals surface area (Å²) >= 11 is 0. The van der Waals surface area contributed by atoms with E-state index in [1.54, 1.807) is 0 Å². The van der Waals surface area contributed by atoms with Gasteiger partial charge in [0.1, 0.15) is 0 Å². The van der Waals surface area contributed by atoms with Crippen LogP contribution in [0.3, 0.4) is 0 Å². The Hall–Kier alpha value is -0.890. The lowest BCUT2D eigenvalue weighted by Crippen LogP contribution is -2.31. The minimum atomic E-state index is 0.418. The van der Waals surface area contributed by atoms with Gasteiger partial charge in [0.15, 0.2) is 0 Å². The highest BCUT2D eigenvalue weighted by molar-refractivity contribution is 5.35. The topological polar surface area (TPSA) is 22.1 Å². The molecule has 1 saturated heterocycles. The monoisotopic (exact) mass is 189 g/mol. The van der Waals surface area contributed by atoms with Crippen LogP contribution in [0, 0.1) is 0 Å². The summed E-state index contributed by atoms with van der Waals surface area (Å²) in [6.07, 6.45) is 6.73. The first kappa shape index (κ1) is 8.42. The van der Waals surface area contributed by atoms with E-state index in [-0.39, 0.29) is 0 Å². The van der Waals surface area contributed by atoms with E-state index in [1.807, 2.05) is 6.20 Å². The van der Waals surface area contributed by atoms with E-state index in [4.69, 9.17) is 4.74 Å². The first-order chi connectivity index (χ1) is 6.91. The van der Waals surface area contributed by atoms with Crippen LogP contribution in [0.15, 0.2) is 18.3 Å². The Balaban J connectivity index is 2.03. The summed E-state index contributed by atoms with van der Waals surface area (Å²) in [6, 6.07) is 4.34. The molecule has 1 fully saturated rings. The van der Waals surface area contributed by atoms with Gasteiger partial charge in [-0.1, -0.05) is 6.07 Å². The van der Waals surface area contributed by atoms with Crippen LogP contribution in [0.25, 0.3) is 0 Å². The van der Waals surface area contributed by atoms with Crippen molar-refractivity contribution in [3.05, 3.63) is 29.6 Å². The Morgan fingerprint density at radius 3 is 2.93 bits per heavy atom. The fourth-order valence-electron chi connectivity index (χ4n) is 2.89. The maximum absolute atomic E-state index is 5.45. The average molecular weight is 189 g/mol. The SMILES string of the molecule is c1cnc2c(c1)C1(CCOCC1)CC2. The molecule has 1 spiro atoms. The summed E-state index contributed by atoms with van der Waals surface area (Å²) in [5, 5.41) is 0. The van der Waals surface area contributed by atoms with Gasteiger partial charge in [-0.15, -0.1) is 0 Å². The lowest BCUT2D eigenvalue weighted by atomic mass is 9.76. The fourth-order valence-corrected chi connectivity index (χ4v) is 2.89. The minimum absolute atomic E-state index is 0.418. The van der Waals surface area contributed by atoms with Crippen LogP contribution in [0.5, 0.6) is 0 Å². The van der Waals surface area contributed by atoms with Gasteiger partial charge in [0.05, 0.1) is 0 Å². The highest BCUT2D eigenvalue weighted by Crippen LogP contribution is 2.44. The molecule has 1 aromatic heterocycles. The number of aromatic nitrogens is 1. The number of rotatable bonds is 0. The third-order valence-corrected chi connectivity index (χ3v) is 3.75. The van der Waals surface area contributed by atoms with Crippen molar-refractivity contribution in [3.8, 4) is 0 Å². The maximum Gasteiger partial charge on any atom is 0.0474 e. The van der Waals surface area contributed by atoms with Gasteiger partial charge >= 0.3 is 0 Å². The molecular formula is C12H15NO. The molecule has 74 valence electrons. The van der Waals surface area contributed by atoms with E-state index < -0.39 is 0 Å². The van der Waals surface area contributed by atoms with Gasteiger partial charge < -0.3 is 4.74 Å². The molecule has 0 amide bonds. The van der Waals surface area contributed by atoms with Crippen molar-refractivity contribution >= 4 is 0 Å². The molecule has 0 atom stereocenters. The molecule has 2 heteroatoms. The van der Waals surface area contributed by atoms with Gasteiger partial charge in [-0.05, 0) is 37.3 Å². The number of hydrogen-bond donors (Lipinski definition) is 0. The van der Waals surface area contributed by atoms with Crippen molar-refractivity contribution in [1.82, 2.24) is 4.98 Å². The van der Waals surface area contributed by atoms with Crippen molar-refractivity contribution in [2.75, 3.05) is 13.2 Å². The van der Waals surface area contributed by atoms with Crippen LogP contribution in [-0.2, 0) is 16.6 Å². The van der Waals surface area contributed by atoms with E-state index in [0.717, 1.165) is 19.6 Å². The van der Waals surface area contributed by atoms with Gasteiger partial charge in [-0.2, -0.15) is 0 Å². The Morgan fingerprint density at radius 2 is 2.07 bits per heavy atom. The van der Waals surface area contributed by atoms with Crippen molar-refractivity contribution in [1.29, 1.82) is 0 Å². The molecule has 0 bridgehead atoms. The molecule has 2 nitrogen and oxygen atoms in total.